The van der Waals surface area contributed by atoms with Gasteiger partial charge in [0.2, 0.25) is 0 Å². The van der Waals surface area contributed by atoms with E-state index in [4.69, 9.17) is 11.6 Å². The first-order chi connectivity index (χ1) is 6.40. The molecular weight excluding hydrogens is 200 g/mol. The first-order valence-electron chi connectivity index (χ1n) is 4.33. The Balaban J connectivity index is 2.86. The summed E-state index contributed by atoms with van der Waals surface area (Å²) in [6.45, 7) is 5.71. The molecule has 76 valence electrons. The maximum atomic E-state index is 11.6. The SMILES string of the molecule is CC(C)(C)NC(=O)c1ncccc1Cl. The molecular formula is C10H13ClN2O. The van der Waals surface area contributed by atoms with Crippen molar-refractivity contribution in [3.8, 4) is 0 Å². The Morgan fingerprint density at radius 1 is 1.50 bits per heavy atom. The van der Waals surface area contributed by atoms with Gasteiger partial charge in [-0.1, -0.05) is 11.6 Å². The smallest absolute Gasteiger partial charge is 0.271 e. The maximum Gasteiger partial charge on any atom is 0.271 e. The second-order valence-electron chi connectivity index (χ2n) is 4.04. The highest BCUT2D eigenvalue weighted by Crippen LogP contribution is 2.13. The highest BCUT2D eigenvalue weighted by atomic mass is 35.5. The predicted molar refractivity (Wildman–Crippen MR) is 56.5 cm³/mol. The summed E-state index contributed by atoms with van der Waals surface area (Å²) in [4.78, 5) is 15.5. The van der Waals surface area contributed by atoms with Crippen molar-refractivity contribution < 1.29 is 4.79 Å². The van der Waals surface area contributed by atoms with Crippen molar-refractivity contribution in [2.45, 2.75) is 26.3 Å². The Morgan fingerprint density at radius 2 is 2.14 bits per heavy atom. The van der Waals surface area contributed by atoms with Crippen LogP contribution in [0.15, 0.2) is 18.3 Å². The molecule has 0 aliphatic rings. The molecule has 0 aliphatic heterocycles. The topological polar surface area (TPSA) is 42.0 Å². The molecule has 1 N–H and O–H groups in total. The lowest BCUT2D eigenvalue weighted by Crippen LogP contribution is -2.41. The number of amides is 1. The molecule has 0 aliphatic carbocycles. The predicted octanol–water partition coefficient (Wildman–Crippen LogP) is 2.26. The zero-order valence-electron chi connectivity index (χ0n) is 8.47. The van der Waals surface area contributed by atoms with Crippen LogP contribution >= 0.6 is 11.6 Å². The summed E-state index contributed by atoms with van der Waals surface area (Å²) in [5.74, 6) is -0.247. The van der Waals surface area contributed by atoms with Crippen molar-refractivity contribution in [1.29, 1.82) is 0 Å². The second-order valence-corrected chi connectivity index (χ2v) is 4.45. The molecule has 14 heavy (non-hydrogen) atoms. The van der Waals surface area contributed by atoms with Crippen molar-refractivity contribution in [2.75, 3.05) is 0 Å². The fourth-order valence-electron chi connectivity index (χ4n) is 0.953. The van der Waals surface area contributed by atoms with Crippen molar-refractivity contribution in [1.82, 2.24) is 10.3 Å². The van der Waals surface area contributed by atoms with Crippen LogP contribution in [0.2, 0.25) is 5.02 Å². The number of carbonyl (C=O) groups excluding carboxylic acids is 1. The molecule has 1 rings (SSSR count). The minimum atomic E-state index is -0.280. The molecule has 3 nitrogen and oxygen atoms in total. The van der Waals surface area contributed by atoms with Gasteiger partial charge in [-0.25, -0.2) is 4.98 Å². The number of hydrogen-bond acceptors (Lipinski definition) is 2. The number of rotatable bonds is 1. The van der Waals surface area contributed by atoms with Crippen molar-refractivity contribution in [3.05, 3.63) is 29.0 Å². The molecule has 4 heteroatoms. The number of aromatic nitrogens is 1. The lowest BCUT2D eigenvalue weighted by Gasteiger charge is -2.20. The molecule has 0 saturated heterocycles. The van der Waals surface area contributed by atoms with Gasteiger partial charge < -0.3 is 5.32 Å². The van der Waals surface area contributed by atoms with Gasteiger partial charge in [-0.05, 0) is 32.9 Å². The van der Waals surface area contributed by atoms with E-state index >= 15 is 0 Å². The molecule has 1 aromatic rings. The molecule has 0 bridgehead atoms. The van der Waals surface area contributed by atoms with Crippen LogP contribution in [0.1, 0.15) is 31.3 Å². The summed E-state index contributed by atoms with van der Waals surface area (Å²) in [5, 5.41) is 3.16. The van der Waals surface area contributed by atoms with Crippen LogP contribution in [0.4, 0.5) is 0 Å². The summed E-state index contributed by atoms with van der Waals surface area (Å²) in [6, 6.07) is 3.34. The summed E-state index contributed by atoms with van der Waals surface area (Å²) < 4.78 is 0. The molecule has 0 aromatic carbocycles. The van der Waals surface area contributed by atoms with Crippen LogP contribution in [-0.2, 0) is 0 Å². The van der Waals surface area contributed by atoms with Gasteiger partial charge in [0.25, 0.3) is 5.91 Å². The highest BCUT2D eigenvalue weighted by molar-refractivity contribution is 6.33. The summed E-state index contributed by atoms with van der Waals surface area (Å²) in [6.07, 6.45) is 1.55. The van der Waals surface area contributed by atoms with Gasteiger partial charge in [0, 0.05) is 11.7 Å². The van der Waals surface area contributed by atoms with E-state index in [0.29, 0.717) is 5.02 Å². The largest absolute Gasteiger partial charge is 0.346 e. The molecule has 1 amide bonds. The Labute approximate surface area is 88.5 Å². The fourth-order valence-corrected chi connectivity index (χ4v) is 1.16. The minimum absolute atomic E-state index is 0.247. The standard InChI is InChI=1S/C10H13ClN2O/c1-10(2,3)13-9(14)8-7(11)5-4-6-12-8/h4-6H,1-3H3,(H,13,14). The molecule has 0 fully saturated rings. The second kappa shape index (κ2) is 3.96. The molecule has 1 aromatic heterocycles. The van der Waals surface area contributed by atoms with E-state index in [9.17, 15) is 4.79 Å². The van der Waals surface area contributed by atoms with Gasteiger partial charge >= 0.3 is 0 Å². The number of nitrogens with zero attached hydrogens (tertiary/aromatic N) is 1. The molecule has 0 saturated carbocycles. The normalized spacial score (nSPS) is 11.1. The summed E-state index contributed by atoms with van der Waals surface area (Å²) in [5.41, 5.74) is -0.0122. The molecule has 1 heterocycles. The minimum Gasteiger partial charge on any atom is -0.346 e. The van der Waals surface area contributed by atoms with Crippen LogP contribution in [0, 0.1) is 0 Å². The zero-order chi connectivity index (χ0) is 10.8. The average molecular weight is 213 g/mol. The zero-order valence-corrected chi connectivity index (χ0v) is 9.22. The Kier molecular flexibility index (Phi) is 3.11. The van der Waals surface area contributed by atoms with E-state index < -0.39 is 0 Å². The van der Waals surface area contributed by atoms with E-state index in [2.05, 4.69) is 10.3 Å². The van der Waals surface area contributed by atoms with Crippen molar-refractivity contribution in [2.24, 2.45) is 0 Å². The van der Waals surface area contributed by atoms with Crippen LogP contribution in [0.5, 0.6) is 0 Å². The fraction of sp³-hybridized carbons (Fsp3) is 0.400. The summed E-state index contributed by atoms with van der Waals surface area (Å²) >= 11 is 5.82. The van der Waals surface area contributed by atoms with Gasteiger partial charge in [0.05, 0.1) is 5.02 Å². The Morgan fingerprint density at radius 3 is 2.64 bits per heavy atom. The van der Waals surface area contributed by atoms with Gasteiger partial charge in [-0.2, -0.15) is 0 Å². The molecule has 0 radical (unpaired) electrons. The van der Waals surface area contributed by atoms with E-state index in [-0.39, 0.29) is 17.1 Å². The monoisotopic (exact) mass is 212 g/mol. The van der Waals surface area contributed by atoms with Crippen molar-refractivity contribution >= 4 is 17.5 Å². The number of carbonyl (C=O) groups is 1. The maximum absolute atomic E-state index is 11.6. The van der Waals surface area contributed by atoms with E-state index in [0.717, 1.165) is 0 Å². The first-order valence-corrected chi connectivity index (χ1v) is 4.71. The number of hydrogen-bond donors (Lipinski definition) is 1. The third-order valence-electron chi connectivity index (χ3n) is 1.46. The molecule has 0 atom stereocenters. The molecule has 0 spiro atoms. The lowest BCUT2D eigenvalue weighted by molar-refractivity contribution is 0.0914. The van der Waals surface area contributed by atoms with Crippen LogP contribution < -0.4 is 5.32 Å². The van der Waals surface area contributed by atoms with Gasteiger partial charge in [0.1, 0.15) is 5.69 Å². The number of nitrogens with one attached hydrogen (secondary N) is 1. The van der Waals surface area contributed by atoms with Crippen LogP contribution in [-0.4, -0.2) is 16.4 Å². The lowest BCUT2D eigenvalue weighted by atomic mass is 10.1. The van der Waals surface area contributed by atoms with E-state index in [1.807, 2.05) is 20.8 Å². The van der Waals surface area contributed by atoms with E-state index in [1.165, 1.54) is 0 Å². The highest BCUT2D eigenvalue weighted by Gasteiger charge is 2.17. The van der Waals surface area contributed by atoms with Gasteiger partial charge in [-0.15, -0.1) is 0 Å². The quantitative estimate of drug-likeness (QED) is 0.776. The van der Waals surface area contributed by atoms with Crippen LogP contribution in [0.3, 0.4) is 0 Å². The Hall–Kier alpha value is -1.09. The molecule has 0 unspecified atom stereocenters. The average Bonchev–Trinajstić information content (AvgIpc) is 2.01. The Bertz CT molecular complexity index is 344. The van der Waals surface area contributed by atoms with E-state index in [1.54, 1.807) is 18.3 Å². The third-order valence-corrected chi connectivity index (χ3v) is 1.77. The summed E-state index contributed by atoms with van der Waals surface area (Å²) in [7, 11) is 0. The van der Waals surface area contributed by atoms with Gasteiger partial charge in [0.15, 0.2) is 0 Å². The van der Waals surface area contributed by atoms with Crippen LogP contribution in [0.25, 0.3) is 0 Å². The van der Waals surface area contributed by atoms with Gasteiger partial charge in [-0.3, -0.25) is 4.79 Å². The van der Waals surface area contributed by atoms with Crippen molar-refractivity contribution in [3.63, 3.8) is 0 Å². The third kappa shape index (κ3) is 3.00. The number of halogens is 1. The first kappa shape index (κ1) is 11.0. The number of pyridine rings is 1.